The molecular formula is C26H30N8O5. The maximum Gasteiger partial charge on any atom is 0.326 e. The van der Waals surface area contributed by atoms with Crippen LogP contribution in [0.25, 0.3) is 0 Å². The zero-order valence-corrected chi connectivity index (χ0v) is 21.1. The average Bonchev–Trinajstić information content (AvgIpc) is 3.39. The third-order valence-corrected chi connectivity index (χ3v) is 8.41. The Bertz CT molecular complexity index is 1510. The molecule has 0 saturated carbocycles. The van der Waals surface area contributed by atoms with Crippen LogP contribution in [0.4, 0.5) is 0 Å². The number of rotatable bonds is 5. The molecule has 13 heteroatoms. The highest BCUT2D eigenvalue weighted by Crippen LogP contribution is 2.45. The number of guanidine groups is 1. The van der Waals surface area contributed by atoms with Crippen molar-refractivity contribution in [2.75, 3.05) is 6.54 Å². The van der Waals surface area contributed by atoms with Crippen LogP contribution < -0.4 is 28.0 Å². The second-order valence-electron chi connectivity index (χ2n) is 10.7. The van der Waals surface area contributed by atoms with E-state index in [2.05, 4.69) is 26.4 Å². The van der Waals surface area contributed by atoms with Gasteiger partial charge in [-0.3, -0.25) is 24.4 Å². The van der Waals surface area contributed by atoms with Gasteiger partial charge in [-0.25, -0.2) is 9.79 Å². The number of nitrogens with zero attached hydrogens (tertiary/aromatic N) is 3. The topological polar surface area (TPSA) is 212 Å². The summed E-state index contributed by atoms with van der Waals surface area (Å²) >= 11 is 0. The number of Topliss-reactive ketones (excluding diaryl/α,β-unsaturated/α-hetero) is 1. The Labute approximate surface area is 222 Å². The van der Waals surface area contributed by atoms with E-state index in [0.717, 1.165) is 37.3 Å². The van der Waals surface area contributed by atoms with Crippen LogP contribution in [0.2, 0.25) is 0 Å². The lowest BCUT2D eigenvalue weighted by molar-refractivity contribution is 0.0275. The van der Waals surface area contributed by atoms with E-state index in [0.29, 0.717) is 5.56 Å². The number of nitrogens with two attached hydrogens (primary N) is 2. The lowest BCUT2D eigenvalue weighted by Crippen LogP contribution is -2.66. The molecule has 3 unspecified atom stereocenters. The van der Waals surface area contributed by atoms with Crippen LogP contribution in [0.3, 0.4) is 0 Å². The molecule has 1 spiro atoms. The fourth-order valence-electron chi connectivity index (χ4n) is 6.72. The highest BCUT2D eigenvalue weighted by atomic mass is 16.3. The normalized spacial score (nSPS) is 29.1. The van der Waals surface area contributed by atoms with Gasteiger partial charge in [-0.2, -0.15) is 0 Å². The van der Waals surface area contributed by atoms with Crippen molar-refractivity contribution in [1.82, 2.24) is 20.2 Å². The zero-order valence-electron chi connectivity index (χ0n) is 21.1. The number of fused-ring (bicyclic) bond motifs is 1. The summed E-state index contributed by atoms with van der Waals surface area (Å²) in [5.41, 5.74) is 12.6. The van der Waals surface area contributed by atoms with Gasteiger partial charge < -0.3 is 31.8 Å². The van der Waals surface area contributed by atoms with Gasteiger partial charge in [0.2, 0.25) is 0 Å². The summed E-state index contributed by atoms with van der Waals surface area (Å²) < 4.78 is 0. The highest BCUT2D eigenvalue weighted by Gasteiger charge is 2.65. The molecular weight excluding hydrogens is 504 g/mol. The van der Waals surface area contributed by atoms with Crippen LogP contribution in [0.15, 0.2) is 43.8 Å². The number of amides is 1. The zero-order chi connectivity index (χ0) is 27.5. The van der Waals surface area contributed by atoms with E-state index in [1.165, 1.54) is 5.56 Å². The number of aliphatic hydroxyl groups excluding tert-OH is 1. The second kappa shape index (κ2) is 9.19. The van der Waals surface area contributed by atoms with Crippen molar-refractivity contribution in [2.24, 2.45) is 21.5 Å². The minimum absolute atomic E-state index is 0.0984. The van der Waals surface area contributed by atoms with Crippen molar-refractivity contribution in [2.45, 2.75) is 68.3 Å². The van der Waals surface area contributed by atoms with E-state index in [9.17, 15) is 24.3 Å². The summed E-state index contributed by atoms with van der Waals surface area (Å²) in [6, 6.07) is 4.53. The fraction of sp³-hybridized carbons (Fsp3) is 0.462. The number of ketones is 1. The molecule has 204 valence electrons. The van der Waals surface area contributed by atoms with Gasteiger partial charge in [0.25, 0.3) is 11.5 Å². The van der Waals surface area contributed by atoms with Gasteiger partial charge in [0, 0.05) is 31.0 Å². The number of aromatic nitrogens is 2. The molecule has 1 saturated heterocycles. The van der Waals surface area contributed by atoms with Gasteiger partial charge in [0.05, 0.1) is 23.6 Å². The Morgan fingerprint density at radius 1 is 1.15 bits per heavy atom. The van der Waals surface area contributed by atoms with Crippen LogP contribution in [0, 0.1) is 0 Å². The molecule has 4 aliphatic rings. The van der Waals surface area contributed by atoms with Crippen LogP contribution in [-0.4, -0.2) is 79.8 Å². The summed E-state index contributed by atoms with van der Waals surface area (Å²) in [7, 11) is 0. The molecule has 6 rings (SSSR count). The summed E-state index contributed by atoms with van der Waals surface area (Å²) in [4.78, 5) is 64.9. The molecule has 13 nitrogen and oxygen atoms in total. The SMILES string of the molecule is NC1=N[C@H]2C(CC(=O)c3cc(=O)[nH]c(=O)[nH]3)N=C(N)N3CC(NC(=O)c4cccc5c4CCCC5)C(O)[C@]23C1. The first kappa shape index (κ1) is 25.0. The lowest BCUT2D eigenvalue weighted by Gasteiger charge is -2.46. The van der Waals surface area contributed by atoms with Crippen molar-refractivity contribution in [3.63, 3.8) is 0 Å². The number of carbonyl (C=O) groups is 2. The minimum atomic E-state index is -1.11. The molecule has 2 aromatic rings. The van der Waals surface area contributed by atoms with Crippen LogP contribution in [0.1, 0.15) is 57.7 Å². The predicted molar refractivity (Wildman–Crippen MR) is 142 cm³/mol. The lowest BCUT2D eigenvalue weighted by atomic mass is 9.77. The summed E-state index contributed by atoms with van der Waals surface area (Å²) in [5, 5.41) is 14.7. The fourth-order valence-corrected chi connectivity index (χ4v) is 6.72. The molecule has 1 amide bonds. The molecule has 39 heavy (non-hydrogen) atoms. The van der Waals surface area contributed by atoms with Gasteiger partial charge in [-0.15, -0.1) is 0 Å². The van der Waals surface area contributed by atoms with Gasteiger partial charge in [-0.05, 0) is 42.9 Å². The number of benzene rings is 1. The molecule has 8 N–H and O–H groups in total. The molecule has 1 fully saturated rings. The molecule has 1 aromatic heterocycles. The first-order valence-corrected chi connectivity index (χ1v) is 13.1. The van der Waals surface area contributed by atoms with Crippen molar-refractivity contribution >= 4 is 23.5 Å². The third-order valence-electron chi connectivity index (χ3n) is 8.41. The van der Waals surface area contributed by atoms with Crippen LogP contribution in [0.5, 0.6) is 0 Å². The van der Waals surface area contributed by atoms with Crippen molar-refractivity contribution < 1.29 is 14.7 Å². The largest absolute Gasteiger partial charge is 0.388 e. The van der Waals surface area contributed by atoms with E-state index in [1.807, 2.05) is 17.1 Å². The van der Waals surface area contributed by atoms with Gasteiger partial charge in [0.15, 0.2) is 11.7 Å². The predicted octanol–water partition coefficient (Wildman–Crippen LogP) is -1.44. The number of aliphatic hydroxyl groups is 1. The van der Waals surface area contributed by atoms with Gasteiger partial charge >= 0.3 is 5.69 Å². The van der Waals surface area contributed by atoms with Crippen molar-refractivity contribution in [3.05, 3.63) is 67.5 Å². The molecule has 4 heterocycles. The Morgan fingerprint density at radius 2 is 1.95 bits per heavy atom. The smallest absolute Gasteiger partial charge is 0.326 e. The maximum absolute atomic E-state index is 13.4. The van der Waals surface area contributed by atoms with Gasteiger partial charge in [-0.1, -0.05) is 12.1 Å². The number of hydrogen-bond donors (Lipinski definition) is 6. The molecule has 1 aliphatic carbocycles. The number of H-pyrrole nitrogens is 2. The number of aliphatic imine (C=N–C) groups is 2. The number of aryl methyl sites for hydroxylation is 1. The van der Waals surface area contributed by atoms with Crippen molar-refractivity contribution in [1.29, 1.82) is 0 Å². The summed E-state index contributed by atoms with van der Waals surface area (Å²) in [5.74, 6) is -0.422. The Balaban J connectivity index is 1.27. The number of carbonyl (C=O) groups excluding carboxylic acids is 2. The number of nitrogens with one attached hydrogen (secondary N) is 3. The quantitative estimate of drug-likeness (QED) is 0.249. The maximum atomic E-state index is 13.4. The molecule has 3 aliphatic heterocycles. The third kappa shape index (κ3) is 4.04. The molecule has 5 atom stereocenters. The Morgan fingerprint density at radius 3 is 2.74 bits per heavy atom. The Hall–Kier alpha value is -4.26. The monoisotopic (exact) mass is 534 g/mol. The average molecular weight is 535 g/mol. The van der Waals surface area contributed by atoms with Crippen LogP contribution in [-0.2, 0) is 12.8 Å². The summed E-state index contributed by atoms with van der Waals surface area (Å²) in [6.45, 7) is 0.193. The minimum Gasteiger partial charge on any atom is -0.388 e. The Kier molecular flexibility index (Phi) is 5.90. The highest BCUT2D eigenvalue weighted by molar-refractivity contribution is 5.97. The first-order chi connectivity index (χ1) is 18.7. The van der Waals surface area contributed by atoms with Gasteiger partial charge in [0.1, 0.15) is 17.7 Å². The van der Waals surface area contributed by atoms with E-state index >= 15 is 0 Å². The summed E-state index contributed by atoms with van der Waals surface area (Å²) in [6.07, 6.45) is 2.74. The second-order valence-corrected chi connectivity index (χ2v) is 10.7. The number of hydrogen-bond acceptors (Lipinski definition) is 10. The van der Waals surface area contributed by atoms with E-state index in [4.69, 9.17) is 11.5 Å². The van der Waals surface area contributed by atoms with Crippen LogP contribution >= 0.6 is 0 Å². The number of amidine groups is 1. The standard InChI is InChI=1S/C26H30N8O5/c27-19-10-26-21(32-19)16(8-18(35)15-9-20(36)33-25(39)31-15)30-24(28)34(26)11-17(22(26)37)29-23(38)14-7-3-5-12-4-1-2-6-13(12)14/h3,5,7,9,16-17,21-22,37H,1-2,4,6,8,10-11H2,(H2,27,32)(H2,28,30)(H,29,38)(H2,31,33,36,39)/t16?,17?,21-,22?,26-/m0/s1. The van der Waals surface area contributed by atoms with Crippen molar-refractivity contribution in [3.8, 4) is 0 Å². The molecule has 0 radical (unpaired) electrons. The first-order valence-electron chi connectivity index (χ1n) is 13.1. The molecule has 1 aromatic carbocycles. The van der Waals surface area contributed by atoms with E-state index in [-0.39, 0.29) is 42.8 Å². The molecule has 0 bridgehead atoms. The van der Waals surface area contributed by atoms with E-state index < -0.39 is 46.8 Å². The van der Waals surface area contributed by atoms with E-state index in [1.54, 1.807) is 4.90 Å². The number of aromatic amines is 2.